The Hall–Kier alpha value is -1.81. The lowest BCUT2D eigenvalue weighted by Crippen LogP contribution is -2.37. The normalized spacial score (nSPS) is 23.3. The highest BCUT2D eigenvalue weighted by molar-refractivity contribution is 5.98. The minimum Gasteiger partial charge on any atom is -0.351 e. The molecule has 4 rings (SSSR count). The first kappa shape index (κ1) is 12.0. The van der Waals surface area contributed by atoms with E-state index in [1.165, 1.54) is 12.8 Å². The molecule has 2 fully saturated rings. The Morgan fingerprint density at radius 2 is 2.10 bits per heavy atom. The summed E-state index contributed by atoms with van der Waals surface area (Å²) in [6.45, 7) is 2.14. The molecule has 4 nitrogen and oxygen atoms in total. The van der Waals surface area contributed by atoms with Crippen molar-refractivity contribution in [2.45, 2.75) is 31.3 Å². The van der Waals surface area contributed by atoms with Gasteiger partial charge in [-0.25, -0.2) is 0 Å². The molecule has 1 saturated carbocycles. The van der Waals surface area contributed by atoms with E-state index in [9.17, 15) is 4.79 Å². The summed E-state index contributed by atoms with van der Waals surface area (Å²) in [7, 11) is 0. The van der Waals surface area contributed by atoms with Crippen LogP contribution >= 0.6 is 0 Å². The number of carbonyl (C=O) groups is 1. The molecule has 1 aromatic carbocycles. The Bertz CT molecular complexity index is 611. The highest BCUT2D eigenvalue weighted by Crippen LogP contribution is 2.29. The molecule has 2 aromatic rings. The van der Waals surface area contributed by atoms with Gasteiger partial charge in [-0.3, -0.25) is 9.69 Å². The molecule has 2 heterocycles. The zero-order valence-corrected chi connectivity index (χ0v) is 11.4. The molecule has 1 aromatic heterocycles. The topological polar surface area (TPSA) is 48.1 Å². The Labute approximate surface area is 118 Å². The van der Waals surface area contributed by atoms with Crippen molar-refractivity contribution in [2.24, 2.45) is 0 Å². The number of benzene rings is 1. The van der Waals surface area contributed by atoms with E-state index in [-0.39, 0.29) is 5.91 Å². The van der Waals surface area contributed by atoms with Crippen LogP contribution in [0.5, 0.6) is 0 Å². The number of hydrogen-bond acceptors (Lipinski definition) is 2. The zero-order chi connectivity index (χ0) is 13.5. The fourth-order valence-corrected chi connectivity index (χ4v) is 3.14. The number of nitrogens with one attached hydrogen (secondary N) is 2. The number of nitrogens with zero attached hydrogens (tertiary/aromatic N) is 1. The van der Waals surface area contributed by atoms with Crippen molar-refractivity contribution in [1.82, 2.24) is 15.2 Å². The summed E-state index contributed by atoms with van der Waals surface area (Å²) < 4.78 is 0. The van der Waals surface area contributed by atoms with Gasteiger partial charge in [-0.15, -0.1) is 0 Å². The molecule has 0 bridgehead atoms. The van der Waals surface area contributed by atoms with Gasteiger partial charge in [0.25, 0.3) is 5.91 Å². The Kier molecular flexibility index (Phi) is 2.77. The summed E-state index contributed by atoms with van der Waals surface area (Å²) in [6, 6.07) is 11.0. The largest absolute Gasteiger partial charge is 0.351 e. The SMILES string of the molecule is O=C(N[C@H]1CCN(C2CC2)C1)c1cc2ccccc2[nH]1. The molecule has 1 aliphatic heterocycles. The molecule has 0 radical (unpaired) electrons. The number of H-pyrrole nitrogens is 1. The molecule has 2 aliphatic rings. The van der Waals surface area contributed by atoms with E-state index in [0.29, 0.717) is 11.7 Å². The summed E-state index contributed by atoms with van der Waals surface area (Å²) >= 11 is 0. The second-order valence-electron chi connectivity index (χ2n) is 5.96. The fourth-order valence-electron chi connectivity index (χ4n) is 3.14. The van der Waals surface area contributed by atoms with Crippen LogP contribution in [0.25, 0.3) is 10.9 Å². The zero-order valence-electron chi connectivity index (χ0n) is 11.4. The number of aromatic nitrogens is 1. The third-order valence-electron chi connectivity index (χ3n) is 4.39. The number of likely N-dealkylation sites (tertiary alicyclic amines) is 1. The molecular weight excluding hydrogens is 250 g/mol. The number of carbonyl (C=O) groups excluding carboxylic acids is 1. The van der Waals surface area contributed by atoms with Crippen molar-refractivity contribution in [2.75, 3.05) is 13.1 Å². The Morgan fingerprint density at radius 3 is 2.90 bits per heavy atom. The molecule has 20 heavy (non-hydrogen) atoms. The highest BCUT2D eigenvalue weighted by atomic mass is 16.2. The van der Waals surface area contributed by atoms with Crippen molar-refractivity contribution in [3.8, 4) is 0 Å². The van der Waals surface area contributed by atoms with Gasteiger partial charge in [0.1, 0.15) is 5.69 Å². The second-order valence-corrected chi connectivity index (χ2v) is 5.96. The fraction of sp³-hybridized carbons (Fsp3) is 0.438. The monoisotopic (exact) mass is 269 g/mol. The standard InChI is InChI=1S/C16H19N3O/c20-16(15-9-11-3-1-2-4-14(11)18-15)17-12-7-8-19(10-12)13-5-6-13/h1-4,9,12-13,18H,5-8,10H2,(H,17,20)/t12-/m0/s1. The maximum Gasteiger partial charge on any atom is 0.267 e. The first-order chi connectivity index (χ1) is 9.79. The van der Waals surface area contributed by atoms with Crippen LogP contribution < -0.4 is 5.32 Å². The van der Waals surface area contributed by atoms with E-state index in [1.54, 1.807) is 0 Å². The van der Waals surface area contributed by atoms with Gasteiger partial charge in [-0.2, -0.15) is 0 Å². The highest BCUT2D eigenvalue weighted by Gasteiger charge is 2.34. The minimum atomic E-state index is 0.0175. The summed E-state index contributed by atoms with van der Waals surface area (Å²) in [6.07, 6.45) is 3.74. The van der Waals surface area contributed by atoms with Gasteiger partial charge >= 0.3 is 0 Å². The lowest BCUT2D eigenvalue weighted by Gasteiger charge is -2.15. The van der Waals surface area contributed by atoms with Gasteiger partial charge in [0.2, 0.25) is 0 Å². The van der Waals surface area contributed by atoms with Gasteiger partial charge in [0, 0.05) is 36.1 Å². The lowest BCUT2D eigenvalue weighted by atomic mass is 10.2. The van der Waals surface area contributed by atoms with Crippen LogP contribution in [0.2, 0.25) is 0 Å². The number of hydrogen-bond donors (Lipinski definition) is 2. The third-order valence-corrected chi connectivity index (χ3v) is 4.39. The third kappa shape index (κ3) is 2.20. The Balaban J connectivity index is 1.44. The lowest BCUT2D eigenvalue weighted by molar-refractivity contribution is 0.0933. The van der Waals surface area contributed by atoms with Gasteiger partial charge in [0.05, 0.1) is 0 Å². The molecule has 2 N–H and O–H groups in total. The Morgan fingerprint density at radius 1 is 1.25 bits per heavy atom. The van der Waals surface area contributed by atoms with E-state index >= 15 is 0 Å². The average molecular weight is 269 g/mol. The molecule has 1 amide bonds. The first-order valence-electron chi connectivity index (χ1n) is 7.42. The maximum atomic E-state index is 12.3. The summed E-state index contributed by atoms with van der Waals surface area (Å²) in [5, 5.41) is 4.24. The number of para-hydroxylation sites is 1. The number of rotatable bonds is 3. The van der Waals surface area contributed by atoms with Crippen molar-refractivity contribution in [3.63, 3.8) is 0 Å². The number of aromatic amines is 1. The quantitative estimate of drug-likeness (QED) is 0.897. The van der Waals surface area contributed by atoms with E-state index in [0.717, 1.165) is 36.5 Å². The summed E-state index contributed by atoms with van der Waals surface area (Å²) in [4.78, 5) is 18.0. The molecule has 0 unspecified atom stereocenters. The van der Waals surface area contributed by atoms with Gasteiger partial charge in [-0.05, 0) is 31.4 Å². The van der Waals surface area contributed by atoms with Crippen molar-refractivity contribution >= 4 is 16.8 Å². The van der Waals surface area contributed by atoms with Crippen molar-refractivity contribution < 1.29 is 4.79 Å². The van der Waals surface area contributed by atoms with Crippen LogP contribution in [0.15, 0.2) is 30.3 Å². The van der Waals surface area contributed by atoms with Crippen molar-refractivity contribution in [1.29, 1.82) is 0 Å². The van der Waals surface area contributed by atoms with Crippen LogP contribution in [-0.4, -0.2) is 41.0 Å². The molecule has 1 aliphatic carbocycles. The van der Waals surface area contributed by atoms with E-state index in [1.807, 2.05) is 30.3 Å². The van der Waals surface area contributed by atoms with E-state index < -0.39 is 0 Å². The van der Waals surface area contributed by atoms with Crippen LogP contribution in [0, 0.1) is 0 Å². The summed E-state index contributed by atoms with van der Waals surface area (Å²) in [5.41, 5.74) is 1.68. The first-order valence-corrected chi connectivity index (χ1v) is 7.42. The molecule has 104 valence electrons. The summed E-state index contributed by atoms with van der Waals surface area (Å²) in [5.74, 6) is 0.0175. The second kappa shape index (κ2) is 4.63. The van der Waals surface area contributed by atoms with Gasteiger partial charge < -0.3 is 10.3 Å². The smallest absolute Gasteiger partial charge is 0.267 e. The van der Waals surface area contributed by atoms with Crippen LogP contribution in [0.1, 0.15) is 29.8 Å². The van der Waals surface area contributed by atoms with Gasteiger partial charge in [-0.1, -0.05) is 18.2 Å². The number of amides is 1. The van der Waals surface area contributed by atoms with E-state index in [2.05, 4.69) is 15.2 Å². The average Bonchev–Trinajstić information content (AvgIpc) is 3.04. The molecule has 1 atom stereocenters. The van der Waals surface area contributed by atoms with Crippen LogP contribution in [-0.2, 0) is 0 Å². The van der Waals surface area contributed by atoms with E-state index in [4.69, 9.17) is 0 Å². The molecule has 0 spiro atoms. The maximum absolute atomic E-state index is 12.3. The minimum absolute atomic E-state index is 0.0175. The predicted octanol–water partition coefficient (Wildman–Crippen LogP) is 2.13. The molecular formula is C16H19N3O. The van der Waals surface area contributed by atoms with Gasteiger partial charge in [0.15, 0.2) is 0 Å². The van der Waals surface area contributed by atoms with Crippen LogP contribution in [0.4, 0.5) is 0 Å². The molecule has 4 heteroatoms. The van der Waals surface area contributed by atoms with Crippen LogP contribution in [0.3, 0.4) is 0 Å². The number of fused-ring (bicyclic) bond motifs is 1. The molecule has 1 saturated heterocycles. The van der Waals surface area contributed by atoms with Crippen molar-refractivity contribution in [3.05, 3.63) is 36.0 Å². The predicted molar refractivity (Wildman–Crippen MR) is 78.8 cm³/mol.